The van der Waals surface area contributed by atoms with Gasteiger partial charge in [-0.05, 0) is 24.6 Å². The molecule has 1 amide bonds. The van der Waals surface area contributed by atoms with Crippen LogP contribution in [0, 0.1) is 0 Å². The second-order valence-electron chi connectivity index (χ2n) is 4.86. The molecule has 1 aliphatic heterocycles. The van der Waals surface area contributed by atoms with Crippen molar-refractivity contribution in [2.75, 3.05) is 13.7 Å². The first kappa shape index (κ1) is 19.8. The number of carbonyl (C=O) groups is 2. The fraction of sp³-hybridized carbons (Fsp3) is 0.188. The van der Waals surface area contributed by atoms with E-state index in [-0.39, 0.29) is 17.5 Å². The van der Waals surface area contributed by atoms with Gasteiger partial charge in [-0.2, -0.15) is 0 Å². The summed E-state index contributed by atoms with van der Waals surface area (Å²) >= 11 is 18.4. The van der Waals surface area contributed by atoms with Crippen LogP contribution in [0.3, 0.4) is 0 Å². The Morgan fingerprint density at radius 3 is 2.72 bits per heavy atom. The van der Waals surface area contributed by atoms with Crippen LogP contribution >= 0.6 is 47.2 Å². The van der Waals surface area contributed by atoms with E-state index in [1.54, 1.807) is 25.1 Å². The minimum Gasteiger partial charge on any atom is -0.480 e. The molecule has 5 nitrogen and oxygen atoms in total. The van der Waals surface area contributed by atoms with E-state index in [0.717, 1.165) is 5.57 Å². The number of hydrogen-bond acceptors (Lipinski definition) is 6. The number of ether oxygens (including phenoxy) is 2. The number of amides is 1. The van der Waals surface area contributed by atoms with E-state index in [2.05, 4.69) is 10.1 Å². The van der Waals surface area contributed by atoms with Crippen LogP contribution < -0.4 is 10.1 Å². The molecule has 0 spiro atoms. The van der Waals surface area contributed by atoms with Gasteiger partial charge in [-0.1, -0.05) is 59.3 Å². The number of carbonyl (C=O) groups excluding carboxylic acids is 2. The topological polar surface area (TPSA) is 64.6 Å². The van der Waals surface area contributed by atoms with Gasteiger partial charge in [-0.15, -0.1) is 0 Å². The average Bonchev–Trinajstić information content (AvgIpc) is 2.89. The molecule has 0 bridgehead atoms. The third-order valence-electron chi connectivity index (χ3n) is 3.09. The quantitative estimate of drug-likeness (QED) is 0.443. The molecule has 0 saturated carbocycles. The minimum atomic E-state index is -0.535. The lowest BCUT2D eigenvalue weighted by Crippen LogP contribution is -2.18. The minimum absolute atomic E-state index is 0.233. The molecule has 0 aliphatic carbocycles. The Morgan fingerprint density at radius 2 is 2.12 bits per heavy atom. The number of hydrogen-bond donors (Lipinski definition) is 1. The van der Waals surface area contributed by atoms with Crippen molar-refractivity contribution >= 4 is 69.5 Å². The molecule has 25 heavy (non-hydrogen) atoms. The molecule has 1 saturated heterocycles. The second-order valence-corrected chi connectivity index (χ2v) is 7.39. The first-order valence-corrected chi connectivity index (χ1v) is 8.90. The molecule has 0 unspecified atom stereocenters. The predicted molar refractivity (Wildman–Crippen MR) is 104 cm³/mol. The van der Waals surface area contributed by atoms with Gasteiger partial charge in [0.1, 0.15) is 10.1 Å². The summed E-state index contributed by atoms with van der Waals surface area (Å²) in [6.07, 6.45) is 3.42. The highest BCUT2D eigenvalue weighted by Gasteiger charge is 2.23. The monoisotopic (exact) mass is 417 g/mol. The Balaban J connectivity index is 2.31. The SMILES string of the molecule is COC(=O)COc1c(Cl)cc(Cl)cc1C=CC(C)=C1SC(=S)NC1=O. The lowest BCUT2D eigenvalue weighted by Gasteiger charge is -2.11. The number of allylic oxidation sites excluding steroid dienone is 2. The number of rotatable bonds is 5. The second kappa shape index (κ2) is 8.71. The van der Waals surface area contributed by atoms with Crippen LogP contribution in [0.2, 0.25) is 10.0 Å². The van der Waals surface area contributed by atoms with Crippen LogP contribution in [0.25, 0.3) is 6.08 Å². The lowest BCUT2D eigenvalue weighted by atomic mass is 10.1. The summed E-state index contributed by atoms with van der Waals surface area (Å²) in [7, 11) is 1.26. The molecule has 1 aliphatic rings. The summed E-state index contributed by atoms with van der Waals surface area (Å²) in [4.78, 5) is 23.6. The Hall–Kier alpha value is -1.54. The molecule has 1 fully saturated rings. The van der Waals surface area contributed by atoms with Crippen molar-refractivity contribution in [3.8, 4) is 5.75 Å². The molecule has 2 rings (SSSR count). The van der Waals surface area contributed by atoms with Gasteiger partial charge in [-0.3, -0.25) is 4.79 Å². The standard InChI is InChI=1S/C16H13Cl2NO4S2/c1-8(14-15(21)19-16(24)25-14)3-4-9-5-10(17)6-11(18)13(9)23-7-12(20)22-2/h3-6H,7H2,1-2H3,(H,19,21,24). The molecular weight excluding hydrogens is 405 g/mol. The van der Waals surface area contributed by atoms with E-state index < -0.39 is 5.97 Å². The van der Waals surface area contributed by atoms with Gasteiger partial charge in [0.15, 0.2) is 6.61 Å². The van der Waals surface area contributed by atoms with Gasteiger partial charge in [0.05, 0.1) is 17.0 Å². The van der Waals surface area contributed by atoms with Crippen LogP contribution in [-0.2, 0) is 14.3 Å². The lowest BCUT2D eigenvalue weighted by molar-refractivity contribution is -0.142. The van der Waals surface area contributed by atoms with Crippen LogP contribution in [0.4, 0.5) is 0 Å². The smallest absolute Gasteiger partial charge is 0.343 e. The van der Waals surface area contributed by atoms with E-state index in [1.165, 1.54) is 24.9 Å². The molecule has 132 valence electrons. The van der Waals surface area contributed by atoms with E-state index in [9.17, 15) is 9.59 Å². The van der Waals surface area contributed by atoms with Gasteiger partial charge in [0.25, 0.3) is 5.91 Å². The highest BCUT2D eigenvalue weighted by molar-refractivity contribution is 8.26. The fourth-order valence-electron chi connectivity index (χ4n) is 1.91. The molecule has 1 heterocycles. The molecule has 0 radical (unpaired) electrons. The van der Waals surface area contributed by atoms with Gasteiger partial charge in [0.2, 0.25) is 0 Å². The van der Waals surface area contributed by atoms with Gasteiger partial charge in [0, 0.05) is 10.6 Å². The normalized spacial score (nSPS) is 16.2. The van der Waals surface area contributed by atoms with E-state index in [1.807, 2.05) is 0 Å². The number of thiocarbonyl (C=S) groups is 1. The van der Waals surface area contributed by atoms with Crippen LogP contribution in [-0.4, -0.2) is 29.9 Å². The summed E-state index contributed by atoms with van der Waals surface area (Å²) in [5, 5.41) is 3.23. The van der Waals surface area contributed by atoms with Gasteiger partial charge >= 0.3 is 5.97 Å². The zero-order chi connectivity index (χ0) is 18.6. The molecule has 0 aromatic heterocycles. The summed E-state index contributed by atoms with van der Waals surface area (Å²) in [5.74, 6) is -0.472. The van der Waals surface area contributed by atoms with Gasteiger partial charge in [-0.25, -0.2) is 4.79 Å². The molecule has 1 N–H and O–H groups in total. The Labute approximate surface area is 164 Å². The molecular formula is C16H13Cl2NO4S2. The fourth-order valence-corrected chi connectivity index (χ4v) is 3.52. The van der Waals surface area contributed by atoms with Gasteiger partial charge < -0.3 is 14.8 Å². The number of nitrogens with one attached hydrogen (secondary N) is 1. The van der Waals surface area contributed by atoms with Crippen LogP contribution in [0.15, 0.2) is 28.7 Å². The first-order valence-electron chi connectivity index (χ1n) is 6.92. The third-order valence-corrected chi connectivity index (χ3v) is 4.94. The summed E-state index contributed by atoms with van der Waals surface area (Å²) in [6, 6.07) is 3.15. The third kappa shape index (κ3) is 5.22. The van der Waals surface area contributed by atoms with E-state index in [4.69, 9.17) is 40.2 Å². The van der Waals surface area contributed by atoms with Crippen molar-refractivity contribution in [1.82, 2.24) is 5.32 Å². The van der Waals surface area contributed by atoms with Crippen LogP contribution in [0.5, 0.6) is 5.75 Å². The number of methoxy groups -OCH3 is 1. The number of benzene rings is 1. The maximum absolute atomic E-state index is 11.8. The van der Waals surface area contributed by atoms with Crippen molar-refractivity contribution < 1.29 is 19.1 Å². The van der Waals surface area contributed by atoms with Crippen LogP contribution in [0.1, 0.15) is 12.5 Å². The van der Waals surface area contributed by atoms with E-state index >= 15 is 0 Å². The maximum atomic E-state index is 11.8. The van der Waals surface area contributed by atoms with E-state index in [0.29, 0.717) is 25.6 Å². The zero-order valence-electron chi connectivity index (χ0n) is 13.2. The summed E-state index contributed by atoms with van der Waals surface area (Å²) < 4.78 is 10.4. The first-order chi connectivity index (χ1) is 11.8. The zero-order valence-corrected chi connectivity index (χ0v) is 16.4. The number of thioether (sulfide) groups is 1. The average molecular weight is 418 g/mol. The maximum Gasteiger partial charge on any atom is 0.343 e. The number of halogens is 2. The molecule has 0 atom stereocenters. The summed E-state index contributed by atoms with van der Waals surface area (Å²) in [5.41, 5.74) is 1.28. The Morgan fingerprint density at radius 1 is 1.40 bits per heavy atom. The molecule has 9 heteroatoms. The van der Waals surface area contributed by atoms with Crippen molar-refractivity contribution in [2.24, 2.45) is 0 Å². The Bertz CT molecular complexity index is 806. The summed E-state index contributed by atoms with van der Waals surface area (Å²) in [6.45, 7) is 1.50. The van der Waals surface area contributed by atoms with Crippen molar-refractivity contribution in [3.05, 3.63) is 44.3 Å². The molecule has 1 aromatic rings. The largest absolute Gasteiger partial charge is 0.480 e. The molecule has 1 aromatic carbocycles. The van der Waals surface area contributed by atoms with Crippen molar-refractivity contribution in [3.63, 3.8) is 0 Å². The van der Waals surface area contributed by atoms with Crippen molar-refractivity contribution in [1.29, 1.82) is 0 Å². The van der Waals surface area contributed by atoms with Crippen molar-refractivity contribution in [2.45, 2.75) is 6.92 Å². The highest BCUT2D eigenvalue weighted by Crippen LogP contribution is 2.34. The highest BCUT2D eigenvalue weighted by atomic mass is 35.5. The number of esters is 1. The Kier molecular flexibility index (Phi) is 6.89. The predicted octanol–water partition coefficient (Wildman–Crippen LogP) is 3.98.